The number of benzene rings is 2. The minimum Gasteiger partial charge on any atom is -0.323 e. The quantitative estimate of drug-likeness (QED) is 0.870. The van der Waals surface area contributed by atoms with Gasteiger partial charge < -0.3 is 5.32 Å². The zero-order chi connectivity index (χ0) is 17.4. The molecular weight excluding hydrogens is 328 g/mol. The number of rotatable bonds is 3. The molecule has 122 valence electrons. The summed E-state index contributed by atoms with van der Waals surface area (Å²) in [5.74, 6) is -1.41. The Kier molecular flexibility index (Phi) is 4.11. The van der Waals surface area contributed by atoms with Crippen LogP contribution >= 0.6 is 11.6 Å². The monoisotopic (exact) mass is 342 g/mol. The minimum atomic E-state index is -0.949. The molecule has 6 heteroatoms. The molecule has 1 aliphatic rings. The molecule has 24 heavy (non-hydrogen) atoms. The molecular formula is C18H15ClN2O3. The van der Waals surface area contributed by atoms with E-state index in [1.807, 2.05) is 13.0 Å². The highest BCUT2D eigenvalue weighted by Crippen LogP contribution is 2.26. The normalized spacial score (nSPS) is 14.5. The van der Waals surface area contributed by atoms with Gasteiger partial charge in [0.15, 0.2) is 0 Å². The van der Waals surface area contributed by atoms with E-state index in [1.54, 1.807) is 36.4 Å². The maximum absolute atomic E-state index is 12.5. The lowest BCUT2D eigenvalue weighted by Gasteiger charge is -2.22. The first-order chi connectivity index (χ1) is 11.4. The zero-order valence-electron chi connectivity index (χ0n) is 13.2. The molecule has 0 unspecified atom stereocenters. The summed E-state index contributed by atoms with van der Waals surface area (Å²) in [5.41, 5.74) is 2.04. The van der Waals surface area contributed by atoms with E-state index in [-0.39, 0.29) is 0 Å². The molecule has 0 bridgehead atoms. The van der Waals surface area contributed by atoms with E-state index < -0.39 is 23.8 Å². The first kappa shape index (κ1) is 16.2. The Hall–Kier alpha value is -2.66. The van der Waals surface area contributed by atoms with E-state index in [0.29, 0.717) is 21.8 Å². The van der Waals surface area contributed by atoms with Crippen LogP contribution < -0.4 is 5.32 Å². The standard InChI is InChI=1S/C18H15ClN2O3/c1-10-7-8-15(14(19)9-10)20-16(22)11(2)21-17(23)12-5-3-4-6-13(12)18(21)24/h3-9,11H,1-2H3,(H,20,22)/t11-/m0/s1. The van der Waals surface area contributed by atoms with Crippen LogP contribution in [0.25, 0.3) is 0 Å². The van der Waals surface area contributed by atoms with Crippen LogP contribution in [0.2, 0.25) is 5.02 Å². The molecule has 0 aromatic heterocycles. The highest BCUT2D eigenvalue weighted by molar-refractivity contribution is 6.34. The van der Waals surface area contributed by atoms with Crippen LogP contribution in [-0.4, -0.2) is 28.7 Å². The summed E-state index contributed by atoms with van der Waals surface area (Å²) in [6.45, 7) is 3.40. The van der Waals surface area contributed by atoms with E-state index in [4.69, 9.17) is 11.6 Å². The lowest BCUT2D eigenvalue weighted by Crippen LogP contribution is -2.45. The molecule has 1 atom stereocenters. The average molecular weight is 343 g/mol. The van der Waals surface area contributed by atoms with Gasteiger partial charge in [0.2, 0.25) is 5.91 Å². The van der Waals surface area contributed by atoms with Gasteiger partial charge in [-0.05, 0) is 43.7 Å². The van der Waals surface area contributed by atoms with Crippen molar-refractivity contribution in [3.8, 4) is 0 Å². The van der Waals surface area contributed by atoms with Crippen molar-refractivity contribution in [3.05, 3.63) is 64.2 Å². The van der Waals surface area contributed by atoms with Crippen molar-refractivity contribution >= 4 is 35.0 Å². The third-order valence-electron chi connectivity index (χ3n) is 3.97. The number of hydrogen-bond acceptors (Lipinski definition) is 3. The maximum Gasteiger partial charge on any atom is 0.262 e. The predicted octanol–water partition coefficient (Wildman–Crippen LogP) is 3.27. The topological polar surface area (TPSA) is 66.5 Å². The van der Waals surface area contributed by atoms with Crippen molar-refractivity contribution in [2.75, 3.05) is 5.32 Å². The fraction of sp³-hybridized carbons (Fsp3) is 0.167. The van der Waals surface area contributed by atoms with Gasteiger partial charge in [-0.3, -0.25) is 19.3 Å². The molecule has 1 N–H and O–H groups in total. The number of imide groups is 1. The summed E-state index contributed by atoms with van der Waals surface area (Å²) in [6, 6.07) is 10.8. The molecule has 0 spiro atoms. The van der Waals surface area contributed by atoms with Crippen LogP contribution in [-0.2, 0) is 4.79 Å². The van der Waals surface area contributed by atoms with Gasteiger partial charge in [-0.1, -0.05) is 29.8 Å². The van der Waals surface area contributed by atoms with Crippen LogP contribution in [0, 0.1) is 6.92 Å². The largest absolute Gasteiger partial charge is 0.323 e. The maximum atomic E-state index is 12.5. The summed E-state index contributed by atoms with van der Waals surface area (Å²) in [4.78, 5) is 38.3. The Balaban J connectivity index is 1.82. The number of fused-ring (bicyclic) bond motifs is 1. The Bertz CT molecular complexity index is 828. The van der Waals surface area contributed by atoms with Crippen molar-refractivity contribution in [2.24, 2.45) is 0 Å². The summed E-state index contributed by atoms with van der Waals surface area (Å²) >= 11 is 6.11. The molecule has 0 radical (unpaired) electrons. The van der Waals surface area contributed by atoms with Crippen molar-refractivity contribution in [2.45, 2.75) is 19.9 Å². The highest BCUT2D eigenvalue weighted by Gasteiger charge is 2.40. The van der Waals surface area contributed by atoms with Gasteiger partial charge >= 0.3 is 0 Å². The van der Waals surface area contributed by atoms with Gasteiger partial charge in [-0.15, -0.1) is 0 Å². The second-order valence-electron chi connectivity index (χ2n) is 5.67. The fourth-order valence-corrected chi connectivity index (χ4v) is 2.92. The fourth-order valence-electron chi connectivity index (χ4n) is 2.64. The number of carbonyl (C=O) groups excluding carboxylic acids is 3. The van der Waals surface area contributed by atoms with Gasteiger partial charge in [0.05, 0.1) is 21.8 Å². The summed E-state index contributed by atoms with van der Waals surface area (Å²) in [5, 5.41) is 3.07. The van der Waals surface area contributed by atoms with Crippen molar-refractivity contribution in [1.29, 1.82) is 0 Å². The number of amides is 3. The van der Waals surface area contributed by atoms with Gasteiger partial charge in [0.1, 0.15) is 6.04 Å². The summed E-state index contributed by atoms with van der Waals surface area (Å²) < 4.78 is 0. The Labute approximate surface area is 144 Å². The number of carbonyl (C=O) groups is 3. The van der Waals surface area contributed by atoms with Crippen LogP contribution in [0.5, 0.6) is 0 Å². The highest BCUT2D eigenvalue weighted by atomic mass is 35.5. The molecule has 1 aliphatic heterocycles. The van der Waals surface area contributed by atoms with E-state index in [2.05, 4.69) is 5.32 Å². The SMILES string of the molecule is Cc1ccc(NC(=O)[C@H](C)N2C(=O)c3ccccc3C2=O)c(Cl)c1. The lowest BCUT2D eigenvalue weighted by molar-refractivity contribution is -0.119. The number of anilines is 1. The smallest absolute Gasteiger partial charge is 0.262 e. The lowest BCUT2D eigenvalue weighted by atomic mass is 10.1. The third-order valence-corrected chi connectivity index (χ3v) is 4.29. The first-order valence-corrected chi connectivity index (χ1v) is 7.82. The molecule has 0 aliphatic carbocycles. The van der Waals surface area contributed by atoms with Crippen molar-refractivity contribution in [1.82, 2.24) is 4.90 Å². The van der Waals surface area contributed by atoms with Gasteiger partial charge in [-0.25, -0.2) is 0 Å². The predicted molar refractivity (Wildman–Crippen MR) is 91.2 cm³/mol. The molecule has 2 aromatic rings. The van der Waals surface area contributed by atoms with E-state index in [0.717, 1.165) is 10.5 Å². The van der Waals surface area contributed by atoms with Crippen LogP contribution in [0.15, 0.2) is 42.5 Å². The second-order valence-corrected chi connectivity index (χ2v) is 6.08. The third kappa shape index (κ3) is 2.67. The van der Waals surface area contributed by atoms with Gasteiger partial charge in [0.25, 0.3) is 11.8 Å². The number of halogens is 1. The number of nitrogens with one attached hydrogen (secondary N) is 1. The molecule has 1 heterocycles. The molecule has 0 saturated carbocycles. The minimum absolute atomic E-state index is 0.315. The second kappa shape index (κ2) is 6.09. The Morgan fingerprint density at radius 2 is 1.67 bits per heavy atom. The summed E-state index contributed by atoms with van der Waals surface area (Å²) in [6.07, 6.45) is 0. The average Bonchev–Trinajstić information content (AvgIpc) is 2.81. The molecule has 0 saturated heterocycles. The molecule has 0 fully saturated rings. The van der Waals surface area contributed by atoms with E-state index in [1.165, 1.54) is 6.92 Å². The van der Waals surface area contributed by atoms with Crippen LogP contribution in [0.3, 0.4) is 0 Å². The number of hydrogen-bond donors (Lipinski definition) is 1. The molecule has 3 amide bonds. The van der Waals surface area contributed by atoms with E-state index in [9.17, 15) is 14.4 Å². The van der Waals surface area contributed by atoms with E-state index >= 15 is 0 Å². The molecule has 5 nitrogen and oxygen atoms in total. The number of aryl methyl sites for hydroxylation is 1. The zero-order valence-corrected chi connectivity index (χ0v) is 13.9. The van der Waals surface area contributed by atoms with Crippen LogP contribution in [0.4, 0.5) is 5.69 Å². The van der Waals surface area contributed by atoms with Crippen molar-refractivity contribution < 1.29 is 14.4 Å². The summed E-state index contributed by atoms with van der Waals surface area (Å²) in [7, 11) is 0. The Morgan fingerprint density at radius 1 is 1.08 bits per heavy atom. The molecule has 3 rings (SSSR count). The van der Waals surface area contributed by atoms with Gasteiger partial charge in [0, 0.05) is 0 Å². The Morgan fingerprint density at radius 3 is 2.21 bits per heavy atom. The van der Waals surface area contributed by atoms with Crippen LogP contribution in [0.1, 0.15) is 33.2 Å². The van der Waals surface area contributed by atoms with Crippen molar-refractivity contribution in [3.63, 3.8) is 0 Å². The first-order valence-electron chi connectivity index (χ1n) is 7.44. The van der Waals surface area contributed by atoms with Gasteiger partial charge in [-0.2, -0.15) is 0 Å². The number of nitrogens with zero attached hydrogens (tertiary/aromatic N) is 1. The molecule has 2 aromatic carbocycles.